The van der Waals surface area contributed by atoms with Crippen molar-refractivity contribution in [2.45, 2.75) is 32.6 Å². The molecule has 0 heterocycles. The molecule has 0 fully saturated rings. The van der Waals surface area contributed by atoms with Crippen LogP contribution >= 0.6 is 0 Å². The summed E-state index contributed by atoms with van der Waals surface area (Å²) in [5, 5.41) is 0. The van der Waals surface area contributed by atoms with Crippen LogP contribution in [0.15, 0.2) is 24.3 Å². The van der Waals surface area contributed by atoms with Crippen molar-refractivity contribution in [2.24, 2.45) is 0 Å². The zero-order valence-corrected chi connectivity index (χ0v) is 14.3. The summed E-state index contributed by atoms with van der Waals surface area (Å²) in [5.41, 5.74) is 2.51. The van der Waals surface area contributed by atoms with E-state index in [9.17, 15) is 17.7 Å². The Bertz CT molecular complexity index is 333. The van der Waals surface area contributed by atoms with Crippen molar-refractivity contribution >= 4 is 13.8 Å². The summed E-state index contributed by atoms with van der Waals surface area (Å²) in [5.74, 6) is 0. The zero-order valence-electron chi connectivity index (χ0n) is 11.1. The van der Waals surface area contributed by atoms with Crippen LogP contribution in [0, 0.1) is 0 Å². The number of halogens is 3. The van der Waals surface area contributed by atoms with Gasteiger partial charge in [-0.25, -0.2) is 0 Å². The minimum absolute atomic E-state index is 0. The molecule has 18 heavy (non-hydrogen) atoms. The fraction of sp³-hybridized carbons (Fsp3) is 0.417. The third-order valence-electron chi connectivity index (χ3n) is 2.10. The van der Waals surface area contributed by atoms with E-state index in [1.807, 2.05) is 18.4 Å². The normalized spacial score (nSPS) is 9.67. The van der Waals surface area contributed by atoms with Crippen molar-refractivity contribution in [1.82, 2.24) is 0 Å². The molecule has 0 aromatic heterocycles. The van der Waals surface area contributed by atoms with E-state index in [0.29, 0.717) is 6.42 Å². The average molecular weight is 282 g/mol. The van der Waals surface area contributed by atoms with Crippen LogP contribution in [0.5, 0.6) is 0 Å². The van der Waals surface area contributed by atoms with E-state index in [0.717, 1.165) is 5.56 Å². The molecule has 0 saturated carbocycles. The number of benzene rings is 1. The maximum absolute atomic E-state index is 10.1. The maximum atomic E-state index is 10.1. The summed E-state index contributed by atoms with van der Waals surface area (Å²) >= 11 is 0. The fourth-order valence-corrected chi connectivity index (χ4v) is 1.21. The number of rotatable bonds is 2. The molecular weight excluding hydrogens is 267 g/mol. The first-order chi connectivity index (χ1) is 7.77. The average Bonchev–Trinajstić information content (AvgIpc) is 2.16. The van der Waals surface area contributed by atoms with E-state index >= 15 is 0 Å². The van der Waals surface area contributed by atoms with Gasteiger partial charge in [-0.05, 0) is 11.0 Å². The van der Waals surface area contributed by atoms with Gasteiger partial charge < -0.3 is 4.79 Å². The number of carbonyl (C=O) groups excluding carboxylic acids is 1. The predicted octanol–water partition coefficient (Wildman–Crippen LogP) is 0.520. The van der Waals surface area contributed by atoms with Crippen LogP contribution in [0.2, 0.25) is 0 Å². The van der Waals surface area contributed by atoms with Gasteiger partial charge in [-0.2, -0.15) is 0 Å². The van der Waals surface area contributed by atoms with Crippen molar-refractivity contribution in [3.05, 3.63) is 35.4 Å². The van der Waals surface area contributed by atoms with Crippen molar-refractivity contribution in [3.8, 4) is 0 Å². The fourth-order valence-electron chi connectivity index (χ4n) is 1.21. The molecule has 0 radical (unpaired) electrons. The van der Waals surface area contributed by atoms with Crippen LogP contribution in [-0.4, -0.2) is 13.8 Å². The van der Waals surface area contributed by atoms with Crippen LogP contribution < -0.4 is 51.4 Å². The SMILES string of the molecule is CC(C)(C)c1ccc(C[C-]=O)cc1.FB(F)F.[K+]. The van der Waals surface area contributed by atoms with Gasteiger partial charge in [0, 0.05) is 0 Å². The van der Waals surface area contributed by atoms with E-state index in [1.165, 1.54) is 5.56 Å². The Hall–Kier alpha value is 0.381. The topological polar surface area (TPSA) is 17.1 Å². The van der Waals surface area contributed by atoms with Crippen molar-refractivity contribution < 1.29 is 69.1 Å². The molecule has 0 bridgehead atoms. The Labute approximate surface area is 149 Å². The van der Waals surface area contributed by atoms with Crippen LogP contribution in [0.25, 0.3) is 0 Å². The first kappa shape index (κ1) is 20.7. The quantitative estimate of drug-likeness (QED) is 0.571. The summed E-state index contributed by atoms with van der Waals surface area (Å²) in [6.45, 7) is 6.52. The molecule has 0 saturated heterocycles. The van der Waals surface area contributed by atoms with Crippen LogP contribution in [0.4, 0.5) is 12.9 Å². The second-order valence-corrected chi connectivity index (χ2v) is 4.52. The Morgan fingerprint density at radius 1 is 1.11 bits per heavy atom. The standard InChI is InChI=1S/C12H15O.BF3.K/c1-12(2,3)11-6-4-10(5-7-11)8-9-13;2-1(3)4;/h4-7H,8H2,1-3H3;;/q-1;;+1. The summed E-state index contributed by atoms with van der Waals surface area (Å²) < 4.78 is 29.0. The molecule has 0 unspecified atom stereocenters. The Morgan fingerprint density at radius 3 is 1.78 bits per heavy atom. The molecule has 0 aliphatic heterocycles. The van der Waals surface area contributed by atoms with Crippen LogP contribution in [0.1, 0.15) is 31.9 Å². The van der Waals surface area contributed by atoms with Crippen LogP contribution in [-0.2, 0) is 16.6 Å². The van der Waals surface area contributed by atoms with Gasteiger partial charge in [-0.3, -0.25) is 19.2 Å². The van der Waals surface area contributed by atoms with Gasteiger partial charge in [0.15, 0.2) is 0 Å². The summed E-state index contributed by atoms with van der Waals surface area (Å²) in [7, 11) is -3.67. The molecule has 94 valence electrons. The summed E-state index contributed by atoms with van der Waals surface area (Å²) in [6, 6.07) is 8.14. The van der Waals surface area contributed by atoms with Crippen LogP contribution in [0.3, 0.4) is 0 Å². The minimum atomic E-state index is -3.67. The molecule has 0 N–H and O–H groups in total. The van der Waals surface area contributed by atoms with Gasteiger partial charge in [0.25, 0.3) is 0 Å². The van der Waals surface area contributed by atoms with Gasteiger partial charge >= 0.3 is 58.9 Å². The van der Waals surface area contributed by atoms with Gasteiger partial charge in [-0.1, -0.05) is 50.6 Å². The van der Waals surface area contributed by atoms with Crippen molar-refractivity contribution in [2.75, 3.05) is 0 Å². The first-order valence-electron chi connectivity index (χ1n) is 5.14. The second kappa shape index (κ2) is 10.2. The Morgan fingerprint density at radius 2 is 1.50 bits per heavy atom. The molecule has 0 atom stereocenters. The van der Waals surface area contributed by atoms with E-state index < -0.39 is 7.54 Å². The smallest absolute Gasteiger partial charge is 0.541 e. The predicted molar refractivity (Wildman–Crippen MR) is 63.6 cm³/mol. The molecule has 1 aromatic carbocycles. The van der Waals surface area contributed by atoms with E-state index in [2.05, 4.69) is 32.9 Å². The molecule has 0 aliphatic carbocycles. The molecule has 0 amide bonds. The third kappa shape index (κ3) is 10.3. The van der Waals surface area contributed by atoms with Crippen molar-refractivity contribution in [1.29, 1.82) is 0 Å². The van der Waals surface area contributed by atoms with Gasteiger partial charge in [0.2, 0.25) is 0 Å². The maximum Gasteiger partial charge on any atom is 1.00 e. The second-order valence-electron chi connectivity index (χ2n) is 4.52. The number of hydrogen-bond acceptors (Lipinski definition) is 1. The summed E-state index contributed by atoms with van der Waals surface area (Å²) in [4.78, 5) is 10.1. The molecule has 0 spiro atoms. The third-order valence-corrected chi connectivity index (χ3v) is 2.10. The van der Waals surface area contributed by atoms with E-state index in [4.69, 9.17) is 0 Å². The molecule has 6 heteroatoms. The Balaban J connectivity index is 0. The molecular formula is C12H15BF3KO. The monoisotopic (exact) mass is 282 g/mol. The minimum Gasteiger partial charge on any atom is -0.541 e. The van der Waals surface area contributed by atoms with Gasteiger partial charge in [-0.15, -0.1) is 6.42 Å². The van der Waals surface area contributed by atoms with E-state index in [1.54, 1.807) is 0 Å². The first-order valence-corrected chi connectivity index (χ1v) is 5.14. The molecule has 1 aromatic rings. The van der Waals surface area contributed by atoms with E-state index in [-0.39, 0.29) is 56.8 Å². The van der Waals surface area contributed by atoms with Crippen molar-refractivity contribution in [3.63, 3.8) is 0 Å². The molecule has 1 rings (SSSR count). The largest absolute Gasteiger partial charge is 1.00 e. The zero-order chi connectivity index (χ0) is 13.5. The van der Waals surface area contributed by atoms with Gasteiger partial charge in [0.05, 0.1) is 0 Å². The van der Waals surface area contributed by atoms with Gasteiger partial charge in [0.1, 0.15) is 0 Å². The number of hydrogen-bond donors (Lipinski definition) is 0. The summed E-state index contributed by atoms with van der Waals surface area (Å²) in [6.07, 6.45) is 2.29. The Kier molecular flexibility index (Phi) is 11.7. The molecule has 0 aliphatic rings. The molecule has 1 nitrogen and oxygen atoms in total.